The van der Waals surface area contributed by atoms with E-state index in [1.54, 1.807) is 0 Å². The molecule has 1 aromatic rings. The van der Waals surface area contributed by atoms with Crippen LogP contribution in [0.4, 0.5) is 0 Å². The summed E-state index contributed by atoms with van der Waals surface area (Å²) in [6, 6.07) is 6.25. The topological polar surface area (TPSA) is 9.23 Å². The van der Waals surface area contributed by atoms with Crippen LogP contribution in [0.15, 0.2) is 22.7 Å². The summed E-state index contributed by atoms with van der Waals surface area (Å²) in [5, 5.41) is 0.879. The van der Waals surface area contributed by atoms with Crippen molar-refractivity contribution in [3.63, 3.8) is 0 Å². The summed E-state index contributed by atoms with van der Waals surface area (Å²) >= 11 is 7.01. The maximum absolute atomic E-state index is 5.80. The van der Waals surface area contributed by atoms with Crippen molar-refractivity contribution >= 4 is 31.9 Å². The molecule has 1 nitrogen and oxygen atoms in total. The fourth-order valence-corrected chi connectivity index (χ4v) is 2.88. The molecule has 0 spiro atoms. The van der Waals surface area contributed by atoms with Crippen LogP contribution in [0.3, 0.4) is 0 Å². The number of ether oxygens (including phenoxy) is 1. The average Bonchev–Trinajstić information content (AvgIpc) is 2.43. The molecule has 0 N–H and O–H groups in total. The lowest BCUT2D eigenvalue weighted by Crippen LogP contribution is -1.98. The highest BCUT2D eigenvalue weighted by Crippen LogP contribution is 2.27. The Morgan fingerprint density at radius 3 is 2.32 bits per heavy atom. The molecule has 0 aliphatic heterocycles. The molecular weight excluding hydrogens is 368 g/mol. The van der Waals surface area contributed by atoms with E-state index >= 15 is 0 Å². The van der Waals surface area contributed by atoms with Gasteiger partial charge in [0.15, 0.2) is 0 Å². The van der Waals surface area contributed by atoms with Gasteiger partial charge < -0.3 is 4.74 Å². The van der Waals surface area contributed by atoms with E-state index in [1.165, 1.54) is 44.1 Å². The Morgan fingerprint density at radius 2 is 1.68 bits per heavy atom. The summed E-state index contributed by atoms with van der Waals surface area (Å²) in [5.74, 6) is 0.954. The monoisotopic (exact) mass is 390 g/mol. The van der Waals surface area contributed by atoms with Crippen molar-refractivity contribution in [2.75, 3.05) is 6.61 Å². The second-order valence-corrected chi connectivity index (χ2v) is 6.28. The van der Waals surface area contributed by atoms with Crippen molar-refractivity contribution in [1.29, 1.82) is 0 Å². The van der Waals surface area contributed by atoms with Gasteiger partial charge in [0.2, 0.25) is 0 Å². The van der Waals surface area contributed by atoms with Gasteiger partial charge in [-0.2, -0.15) is 0 Å². The first kappa shape index (κ1) is 17.0. The molecule has 19 heavy (non-hydrogen) atoms. The van der Waals surface area contributed by atoms with Crippen LogP contribution in [0.1, 0.15) is 57.4 Å². The minimum atomic E-state index is 0.819. The summed E-state index contributed by atoms with van der Waals surface area (Å²) in [4.78, 5) is 0. The molecule has 1 aromatic carbocycles. The van der Waals surface area contributed by atoms with Gasteiger partial charge in [-0.1, -0.05) is 67.4 Å². The summed E-state index contributed by atoms with van der Waals surface area (Å²) in [7, 11) is 0. The minimum Gasteiger partial charge on any atom is -0.492 e. The van der Waals surface area contributed by atoms with Crippen molar-refractivity contribution < 1.29 is 4.74 Å². The van der Waals surface area contributed by atoms with Crippen LogP contribution in [-0.2, 0) is 5.33 Å². The third kappa shape index (κ3) is 7.36. The van der Waals surface area contributed by atoms with E-state index in [4.69, 9.17) is 4.74 Å². The molecule has 0 saturated heterocycles. The van der Waals surface area contributed by atoms with Crippen LogP contribution in [0.25, 0.3) is 0 Å². The molecule has 1 rings (SSSR count). The summed E-state index contributed by atoms with van der Waals surface area (Å²) in [6.45, 7) is 3.08. The molecule has 0 amide bonds. The largest absolute Gasteiger partial charge is 0.492 e. The van der Waals surface area contributed by atoms with Crippen molar-refractivity contribution in [3.05, 3.63) is 28.2 Å². The molecule has 0 fully saturated rings. The molecule has 0 aromatic heterocycles. The molecular formula is C16H24Br2O. The Bertz CT molecular complexity index is 353. The quantitative estimate of drug-likeness (QED) is 0.327. The molecule has 0 atom stereocenters. The average molecular weight is 392 g/mol. The number of benzene rings is 1. The van der Waals surface area contributed by atoms with Gasteiger partial charge in [0.05, 0.1) is 11.1 Å². The molecule has 0 aliphatic carbocycles. The molecule has 0 aliphatic rings. The number of rotatable bonds is 10. The van der Waals surface area contributed by atoms with E-state index in [9.17, 15) is 0 Å². The lowest BCUT2D eigenvalue weighted by atomic mass is 10.1. The highest BCUT2D eigenvalue weighted by atomic mass is 79.9. The lowest BCUT2D eigenvalue weighted by Gasteiger charge is -2.09. The Kier molecular flexibility index (Phi) is 9.62. The number of hydrogen-bond donors (Lipinski definition) is 0. The van der Waals surface area contributed by atoms with Gasteiger partial charge in [-0.15, -0.1) is 0 Å². The molecule has 0 heterocycles. The van der Waals surface area contributed by atoms with Crippen molar-refractivity contribution in [1.82, 2.24) is 0 Å². The van der Waals surface area contributed by atoms with Gasteiger partial charge >= 0.3 is 0 Å². The molecule has 0 radical (unpaired) electrons. The molecule has 108 valence electrons. The second-order valence-electron chi connectivity index (χ2n) is 4.87. The van der Waals surface area contributed by atoms with Crippen LogP contribution in [0.2, 0.25) is 0 Å². The van der Waals surface area contributed by atoms with Crippen LogP contribution in [0, 0.1) is 0 Å². The highest BCUT2D eigenvalue weighted by Gasteiger charge is 2.02. The predicted molar refractivity (Wildman–Crippen MR) is 90.3 cm³/mol. The Balaban J connectivity index is 2.12. The van der Waals surface area contributed by atoms with E-state index < -0.39 is 0 Å². The zero-order valence-electron chi connectivity index (χ0n) is 11.8. The summed E-state index contributed by atoms with van der Waals surface area (Å²) < 4.78 is 6.85. The van der Waals surface area contributed by atoms with Gasteiger partial charge in [-0.3, -0.25) is 0 Å². The molecule has 0 bridgehead atoms. The van der Waals surface area contributed by atoms with Crippen LogP contribution in [-0.4, -0.2) is 6.61 Å². The zero-order chi connectivity index (χ0) is 13.9. The van der Waals surface area contributed by atoms with E-state index in [-0.39, 0.29) is 0 Å². The number of unbranched alkanes of at least 4 members (excludes halogenated alkanes) is 6. The normalized spacial score (nSPS) is 10.7. The van der Waals surface area contributed by atoms with Crippen molar-refractivity contribution in [2.24, 2.45) is 0 Å². The molecule has 0 saturated carbocycles. The molecule has 3 heteroatoms. The minimum absolute atomic E-state index is 0.819. The maximum atomic E-state index is 5.80. The second kappa shape index (κ2) is 10.7. The van der Waals surface area contributed by atoms with Gasteiger partial charge in [0.1, 0.15) is 5.75 Å². The Labute approximate surface area is 134 Å². The van der Waals surface area contributed by atoms with E-state index in [2.05, 4.69) is 50.9 Å². The fraction of sp³-hybridized carbons (Fsp3) is 0.625. The lowest BCUT2D eigenvalue weighted by molar-refractivity contribution is 0.302. The van der Waals surface area contributed by atoms with Crippen LogP contribution in [0.5, 0.6) is 5.75 Å². The SMILES string of the molecule is CCCCCCCCCOc1ccc(CBr)cc1Br. The number of hydrogen-bond acceptors (Lipinski definition) is 1. The number of alkyl halides is 1. The Morgan fingerprint density at radius 1 is 1.00 bits per heavy atom. The maximum Gasteiger partial charge on any atom is 0.133 e. The first-order valence-electron chi connectivity index (χ1n) is 7.25. The third-order valence-corrected chi connectivity index (χ3v) is 4.42. The predicted octanol–water partition coefficient (Wildman–Crippen LogP) is 6.47. The smallest absolute Gasteiger partial charge is 0.133 e. The van der Waals surface area contributed by atoms with E-state index in [0.29, 0.717) is 0 Å². The standard InChI is InChI=1S/C16H24Br2O/c1-2-3-4-5-6-7-8-11-19-16-10-9-14(13-17)12-15(16)18/h9-10,12H,2-8,11,13H2,1H3. The van der Waals surface area contributed by atoms with Gasteiger partial charge in [0.25, 0.3) is 0 Å². The zero-order valence-corrected chi connectivity index (χ0v) is 14.9. The first-order chi connectivity index (χ1) is 9.27. The van der Waals surface area contributed by atoms with Gasteiger partial charge in [-0.05, 0) is 40.0 Å². The highest BCUT2D eigenvalue weighted by molar-refractivity contribution is 9.10. The van der Waals surface area contributed by atoms with Crippen molar-refractivity contribution in [2.45, 2.75) is 57.2 Å². The third-order valence-electron chi connectivity index (χ3n) is 3.16. The fourth-order valence-electron chi connectivity index (χ4n) is 1.99. The van der Waals surface area contributed by atoms with Gasteiger partial charge in [-0.25, -0.2) is 0 Å². The van der Waals surface area contributed by atoms with Gasteiger partial charge in [0, 0.05) is 5.33 Å². The van der Waals surface area contributed by atoms with Crippen LogP contribution >= 0.6 is 31.9 Å². The molecule has 0 unspecified atom stereocenters. The number of halogens is 2. The first-order valence-corrected chi connectivity index (χ1v) is 9.16. The Hall–Kier alpha value is -0.0200. The van der Waals surface area contributed by atoms with Crippen molar-refractivity contribution in [3.8, 4) is 5.75 Å². The van der Waals surface area contributed by atoms with E-state index in [0.717, 1.165) is 28.6 Å². The summed E-state index contributed by atoms with van der Waals surface area (Å²) in [6.07, 6.45) is 9.23. The van der Waals surface area contributed by atoms with E-state index in [1.807, 2.05) is 6.07 Å². The summed E-state index contributed by atoms with van der Waals surface area (Å²) in [5.41, 5.74) is 1.26. The van der Waals surface area contributed by atoms with Crippen LogP contribution < -0.4 is 4.74 Å².